The zero-order valence-corrected chi connectivity index (χ0v) is 12.0. The molecule has 100 valence electrons. The first kappa shape index (κ1) is 16.0. The highest BCUT2D eigenvalue weighted by Crippen LogP contribution is 2.13. The van der Waals surface area contributed by atoms with Crippen molar-refractivity contribution in [1.82, 2.24) is 10.2 Å². The summed E-state index contributed by atoms with van der Waals surface area (Å²) in [5.74, 6) is 0. The maximum Gasteiger partial charge on any atom is 0.321 e. The van der Waals surface area contributed by atoms with Crippen molar-refractivity contribution in [1.29, 1.82) is 0 Å². The molecule has 2 amide bonds. The number of hydrogen-bond donors (Lipinski definition) is 1. The lowest BCUT2D eigenvalue weighted by molar-refractivity contribution is 0.200. The highest BCUT2D eigenvalue weighted by atomic mass is 16.2. The van der Waals surface area contributed by atoms with Crippen molar-refractivity contribution in [2.45, 2.75) is 53.9 Å². The summed E-state index contributed by atoms with van der Waals surface area (Å²) in [5, 5.41) is 2.84. The van der Waals surface area contributed by atoms with E-state index in [-0.39, 0.29) is 11.4 Å². The van der Waals surface area contributed by atoms with Gasteiger partial charge in [0.1, 0.15) is 0 Å². The molecule has 0 aromatic rings. The minimum Gasteiger partial charge on any atom is -0.325 e. The molecule has 3 nitrogen and oxygen atoms in total. The zero-order valence-electron chi connectivity index (χ0n) is 12.0. The van der Waals surface area contributed by atoms with Gasteiger partial charge in [0.05, 0.1) is 0 Å². The predicted octanol–water partition coefficient (Wildman–Crippen LogP) is 3.77. The Bertz CT molecular complexity index is 241. The van der Waals surface area contributed by atoms with E-state index in [1.165, 1.54) is 0 Å². The number of nitrogens with zero attached hydrogens (tertiary/aromatic N) is 1. The van der Waals surface area contributed by atoms with E-state index in [0.717, 1.165) is 32.4 Å². The molecule has 0 unspecified atom stereocenters. The number of allylic oxidation sites excluding steroid dienone is 1. The van der Waals surface area contributed by atoms with Gasteiger partial charge in [0, 0.05) is 19.3 Å². The van der Waals surface area contributed by atoms with Crippen molar-refractivity contribution in [2.24, 2.45) is 5.41 Å². The Morgan fingerprint density at radius 2 is 1.82 bits per heavy atom. The van der Waals surface area contributed by atoms with E-state index in [1.807, 2.05) is 11.0 Å². The molecule has 0 aromatic heterocycles. The molecule has 1 N–H and O–H groups in total. The topological polar surface area (TPSA) is 32.3 Å². The Morgan fingerprint density at radius 1 is 1.18 bits per heavy atom. The van der Waals surface area contributed by atoms with E-state index in [2.05, 4.69) is 39.9 Å². The molecule has 0 aromatic carbocycles. The standard InChI is InChI=1S/C14H28N2O/c1-6-8-12-16(11-7-2)13(17)15-10-9-14(3,4)5/h9-10H,6-8,11-12H2,1-5H3,(H,15,17)/b10-9+. The van der Waals surface area contributed by atoms with Crippen LogP contribution in [0.15, 0.2) is 12.3 Å². The highest BCUT2D eigenvalue weighted by molar-refractivity contribution is 5.75. The van der Waals surface area contributed by atoms with Gasteiger partial charge in [-0.25, -0.2) is 4.79 Å². The van der Waals surface area contributed by atoms with E-state index in [9.17, 15) is 4.79 Å². The maximum atomic E-state index is 11.9. The lowest BCUT2D eigenvalue weighted by Crippen LogP contribution is -2.38. The second-order valence-electron chi connectivity index (χ2n) is 5.49. The Balaban J connectivity index is 4.18. The van der Waals surface area contributed by atoms with Crippen LogP contribution in [0.1, 0.15) is 53.9 Å². The fraction of sp³-hybridized carbons (Fsp3) is 0.786. The Kier molecular flexibility index (Phi) is 7.68. The number of hydrogen-bond acceptors (Lipinski definition) is 1. The van der Waals surface area contributed by atoms with Gasteiger partial charge in [-0.2, -0.15) is 0 Å². The summed E-state index contributed by atoms with van der Waals surface area (Å²) in [6.07, 6.45) is 6.95. The molecule has 0 aliphatic rings. The van der Waals surface area contributed by atoms with Crippen molar-refractivity contribution < 1.29 is 4.79 Å². The number of carbonyl (C=O) groups excluding carboxylic acids is 1. The summed E-state index contributed by atoms with van der Waals surface area (Å²) in [7, 11) is 0. The number of nitrogens with one attached hydrogen (secondary N) is 1. The quantitative estimate of drug-likeness (QED) is 0.753. The SMILES string of the molecule is CCCCN(CCC)C(=O)N/C=C/C(C)(C)C. The van der Waals surface area contributed by atoms with Crippen molar-refractivity contribution in [3.63, 3.8) is 0 Å². The summed E-state index contributed by atoms with van der Waals surface area (Å²) in [4.78, 5) is 13.8. The molecule has 0 spiro atoms. The molecule has 0 radical (unpaired) electrons. The summed E-state index contributed by atoms with van der Waals surface area (Å²) in [6.45, 7) is 12.2. The number of amides is 2. The van der Waals surface area contributed by atoms with Crippen LogP contribution >= 0.6 is 0 Å². The van der Waals surface area contributed by atoms with Gasteiger partial charge < -0.3 is 10.2 Å². The average Bonchev–Trinajstić information content (AvgIpc) is 2.22. The lowest BCUT2D eigenvalue weighted by atomic mass is 9.97. The number of rotatable bonds is 6. The van der Waals surface area contributed by atoms with Crippen LogP contribution in [0.4, 0.5) is 4.79 Å². The Hall–Kier alpha value is -0.990. The fourth-order valence-corrected chi connectivity index (χ4v) is 1.39. The third kappa shape index (κ3) is 8.78. The van der Waals surface area contributed by atoms with Gasteiger partial charge in [0.15, 0.2) is 0 Å². The molecule has 0 heterocycles. The molecule has 0 rings (SSSR count). The largest absolute Gasteiger partial charge is 0.325 e. The summed E-state index contributed by atoms with van der Waals surface area (Å²) < 4.78 is 0. The number of urea groups is 1. The minimum atomic E-state index is 0.0146. The van der Waals surface area contributed by atoms with Crippen LogP contribution in [0.25, 0.3) is 0 Å². The van der Waals surface area contributed by atoms with E-state index >= 15 is 0 Å². The molecule has 17 heavy (non-hydrogen) atoms. The normalized spacial score (nSPS) is 11.8. The number of unbranched alkanes of at least 4 members (excludes halogenated alkanes) is 1. The van der Waals surface area contributed by atoms with Crippen molar-refractivity contribution in [3.05, 3.63) is 12.3 Å². The Morgan fingerprint density at radius 3 is 2.29 bits per heavy atom. The van der Waals surface area contributed by atoms with Crippen LogP contribution in [-0.4, -0.2) is 24.0 Å². The first-order chi connectivity index (χ1) is 7.90. The molecule has 0 saturated carbocycles. The Labute approximate surface area is 106 Å². The molecule has 0 aliphatic carbocycles. The van der Waals surface area contributed by atoms with Crippen LogP contribution < -0.4 is 5.32 Å². The second-order valence-corrected chi connectivity index (χ2v) is 5.49. The first-order valence-electron chi connectivity index (χ1n) is 6.64. The van der Waals surface area contributed by atoms with E-state index < -0.39 is 0 Å². The van der Waals surface area contributed by atoms with Crippen LogP contribution in [-0.2, 0) is 0 Å². The molecular formula is C14H28N2O. The van der Waals surface area contributed by atoms with Gasteiger partial charge in [-0.15, -0.1) is 0 Å². The van der Waals surface area contributed by atoms with Crippen molar-refractivity contribution in [3.8, 4) is 0 Å². The smallest absolute Gasteiger partial charge is 0.321 e. The van der Waals surface area contributed by atoms with E-state index in [0.29, 0.717) is 0 Å². The van der Waals surface area contributed by atoms with Gasteiger partial charge in [-0.1, -0.05) is 47.1 Å². The van der Waals surface area contributed by atoms with E-state index in [4.69, 9.17) is 0 Å². The lowest BCUT2D eigenvalue weighted by Gasteiger charge is -2.21. The second kappa shape index (κ2) is 8.15. The molecule has 0 fully saturated rings. The van der Waals surface area contributed by atoms with Crippen molar-refractivity contribution in [2.75, 3.05) is 13.1 Å². The van der Waals surface area contributed by atoms with Gasteiger partial charge in [-0.05, 0) is 18.3 Å². The third-order valence-corrected chi connectivity index (χ3v) is 2.35. The van der Waals surface area contributed by atoms with Crippen LogP contribution in [0.3, 0.4) is 0 Å². The minimum absolute atomic E-state index is 0.0146. The highest BCUT2D eigenvalue weighted by Gasteiger charge is 2.10. The maximum absolute atomic E-state index is 11.9. The van der Waals surface area contributed by atoms with Gasteiger partial charge >= 0.3 is 6.03 Å². The fourth-order valence-electron chi connectivity index (χ4n) is 1.39. The summed E-state index contributed by atoms with van der Waals surface area (Å²) in [6, 6.07) is 0.0146. The number of carbonyl (C=O) groups is 1. The average molecular weight is 240 g/mol. The van der Waals surface area contributed by atoms with Crippen LogP contribution in [0.5, 0.6) is 0 Å². The summed E-state index contributed by atoms with van der Waals surface area (Å²) >= 11 is 0. The first-order valence-corrected chi connectivity index (χ1v) is 6.64. The molecule has 0 atom stereocenters. The summed E-state index contributed by atoms with van der Waals surface area (Å²) in [5.41, 5.74) is 0.103. The third-order valence-electron chi connectivity index (χ3n) is 2.35. The van der Waals surface area contributed by atoms with Gasteiger partial charge in [-0.3, -0.25) is 0 Å². The van der Waals surface area contributed by atoms with Crippen LogP contribution in [0, 0.1) is 5.41 Å². The monoisotopic (exact) mass is 240 g/mol. The van der Waals surface area contributed by atoms with E-state index in [1.54, 1.807) is 6.20 Å². The molecule has 0 aliphatic heterocycles. The molecular weight excluding hydrogens is 212 g/mol. The zero-order chi connectivity index (χ0) is 13.3. The predicted molar refractivity (Wildman–Crippen MR) is 73.9 cm³/mol. The molecule has 0 saturated heterocycles. The van der Waals surface area contributed by atoms with Gasteiger partial charge in [0.25, 0.3) is 0 Å². The van der Waals surface area contributed by atoms with Crippen molar-refractivity contribution >= 4 is 6.03 Å². The molecule has 0 bridgehead atoms. The van der Waals surface area contributed by atoms with Crippen LogP contribution in [0.2, 0.25) is 0 Å². The van der Waals surface area contributed by atoms with Gasteiger partial charge in [0.2, 0.25) is 0 Å². The molecule has 3 heteroatoms.